The molecule has 2 rings (SSSR count). The van der Waals surface area contributed by atoms with Gasteiger partial charge in [-0.15, -0.1) is 0 Å². The second kappa shape index (κ2) is 6.70. The molecule has 1 aliphatic rings. The van der Waals surface area contributed by atoms with Gasteiger partial charge in [0.1, 0.15) is 0 Å². The molecule has 1 heterocycles. The predicted octanol–water partition coefficient (Wildman–Crippen LogP) is 1.86. The third kappa shape index (κ3) is 3.81. The zero-order valence-corrected chi connectivity index (χ0v) is 13.5. The molecule has 1 amide bonds. The molecule has 20 heavy (non-hydrogen) atoms. The second-order valence-corrected chi connectivity index (χ2v) is 6.35. The minimum atomic E-state index is -0.290. The normalized spacial score (nSPS) is 20.9. The highest BCUT2D eigenvalue weighted by molar-refractivity contribution is 9.10. The standard InChI is InChI=1S/C15H21BrN2O2/c1-11(18-8-7-14(19)10-18)15(20)17(2)9-12-3-5-13(16)6-4-12/h3-6,11,14,19H,7-10H2,1-2H3/t11?,14-/m0/s1. The van der Waals surface area contributed by atoms with Crippen LogP contribution in [0.25, 0.3) is 0 Å². The first kappa shape index (κ1) is 15.5. The molecule has 0 bridgehead atoms. The summed E-state index contributed by atoms with van der Waals surface area (Å²) in [6.07, 6.45) is 0.468. The second-order valence-electron chi connectivity index (χ2n) is 5.43. The molecular formula is C15H21BrN2O2. The Bertz CT molecular complexity index is 463. The first-order valence-electron chi connectivity index (χ1n) is 6.89. The molecule has 1 unspecified atom stereocenters. The molecule has 2 atom stereocenters. The van der Waals surface area contributed by atoms with Gasteiger partial charge in [0.25, 0.3) is 0 Å². The van der Waals surface area contributed by atoms with E-state index in [0.717, 1.165) is 23.0 Å². The van der Waals surface area contributed by atoms with Crippen molar-refractivity contribution in [3.05, 3.63) is 34.3 Å². The van der Waals surface area contributed by atoms with Gasteiger partial charge in [-0.1, -0.05) is 28.1 Å². The van der Waals surface area contributed by atoms with Gasteiger partial charge in [-0.3, -0.25) is 9.69 Å². The van der Waals surface area contributed by atoms with Gasteiger partial charge in [-0.05, 0) is 31.0 Å². The van der Waals surface area contributed by atoms with E-state index in [9.17, 15) is 9.90 Å². The molecule has 1 aromatic carbocycles. The van der Waals surface area contributed by atoms with Crippen LogP contribution in [0.1, 0.15) is 18.9 Å². The Morgan fingerprint density at radius 3 is 2.70 bits per heavy atom. The number of hydrogen-bond donors (Lipinski definition) is 1. The van der Waals surface area contributed by atoms with E-state index in [1.807, 2.05) is 43.1 Å². The molecule has 0 radical (unpaired) electrons. The lowest BCUT2D eigenvalue weighted by atomic mass is 10.2. The van der Waals surface area contributed by atoms with Gasteiger partial charge < -0.3 is 10.0 Å². The fraction of sp³-hybridized carbons (Fsp3) is 0.533. The molecule has 1 aromatic rings. The van der Waals surface area contributed by atoms with Crippen LogP contribution in [0.15, 0.2) is 28.7 Å². The van der Waals surface area contributed by atoms with E-state index in [2.05, 4.69) is 15.9 Å². The van der Waals surface area contributed by atoms with Crippen LogP contribution in [0, 0.1) is 0 Å². The number of amides is 1. The number of likely N-dealkylation sites (tertiary alicyclic amines) is 1. The maximum Gasteiger partial charge on any atom is 0.239 e. The Morgan fingerprint density at radius 2 is 2.15 bits per heavy atom. The summed E-state index contributed by atoms with van der Waals surface area (Å²) in [5.74, 6) is 0.0991. The summed E-state index contributed by atoms with van der Waals surface area (Å²) in [4.78, 5) is 16.2. The first-order valence-corrected chi connectivity index (χ1v) is 7.68. The summed E-state index contributed by atoms with van der Waals surface area (Å²) >= 11 is 3.40. The SMILES string of the molecule is CC(C(=O)N(C)Cc1ccc(Br)cc1)N1CC[C@H](O)C1. The van der Waals surface area contributed by atoms with Crippen LogP contribution in [0.4, 0.5) is 0 Å². The van der Waals surface area contributed by atoms with Gasteiger partial charge in [0.2, 0.25) is 5.91 Å². The summed E-state index contributed by atoms with van der Waals surface area (Å²) in [6, 6.07) is 7.81. The average Bonchev–Trinajstić information content (AvgIpc) is 2.86. The summed E-state index contributed by atoms with van der Waals surface area (Å²) in [5, 5.41) is 9.56. The molecule has 0 spiro atoms. The predicted molar refractivity (Wildman–Crippen MR) is 82.3 cm³/mol. The summed E-state index contributed by atoms with van der Waals surface area (Å²) in [5.41, 5.74) is 1.11. The fourth-order valence-corrected chi connectivity index (χ4v) is 2.80. The largest absolute Gasteiger partial charge is 0.392 e. The van der Waals surface area contributed by atoms with Gasteiger partial charge in [0.15, 0.2) is 0 Å². The zero-order chi connectivity index (χ0) is 14.7. The monoisotopic (exact) mass is 340 g/mol. The Hall–Kier alpha value is -0.910. The number of nitrogens with zero attached hydrogens (tertiary/aromatic N) is 2. The van der Waals surface area contributed by atoms with Crippen LogP contribution in [0.3, 0.4) is 0 Å². The summed E-state index contributed by atoms with van der Waals surface area (Å²) < 4.78 is 1.04. The molecule has 110 valence electrons. The Labute approximate surface area is 128 Å². The lowest BCUT2D eigenvalue weighted by Gasteiger charge is -2.27. The third-order valence-corrected chi connectivity index (χ3v) is 4.34. The van der Waals surface area contributed by atoms with Crippen molar-refractivity contribution in [2.24, 2.45) is 0 Å². The van der Waals surface area contributed by atoms with Gasteiger partial charge in [-0.2, -0.15) is 0 Å². The number of carbonyl (C=O) groups is 1. The van der Waals surface area contributed by atoms with Crippen LogP contribution in [0.2, 0.25) is 0 Å². The molecule has 0 aliphatic carbocycles. The Kier molecular flexibility index (Phi) is 5.18. The zero-order valence-electron chi connectivity index (χ0n) is 11.9. The molecule has 0 aromatic heterocycles. The van der Waals surface area contributed by atoms with E-state index >= 15 is 0 Å². The van der Waals surface area contributed by atoms with Gasteiger partial charge >= 0.3 is 0 Å². The molecule has 5 heteroatoms. The van der Waals surface area contributed by atoms with E-state index in [4.69, 9.17) is 0 Å². The summed E-state index contributed by atoms with van der Waals surface area (Å²) in [7, 11) is 1.83. The average molecular weight is 341 g/mol. The van der Waals surface area contributed by atoms with Crippen molar-refractivity contribution in [3.8, 4) is 0 Å². The number of halogens is 1. The number of hydrogen-bond acceptors (Lipinski definition) is 3. The van der Waals surface area contributed by atoms with Gasteiger partial charge in [-0.25, -0.2) is 0 Å². The van der Waals surface area contributed by atoms with E-state index in [1.165, 1.54) is 0 Å². The van der Waals surface area contributed by atoms with Crippen molar-refractivity contribution >= 4 is 21.8 Å². The molecule has 1 fully saturated rings. The smallest absolute Gasteiger partial charge is 0.239 e. The number of carbonyl (C=O) groups excluding carboxylic acids is 1. The van der Waals surface area contributed by atoms with Crippen LogP contribution >= 0.6 is 15.9 Å². The van der Waals surface area contributed by atoms with Crippen LogP contribution in [-0.2, 0) is 11.3 Å². The fourth-order valence-electron chi connectivity index (χ4n) is 2.54. The lowest BCUT2D eigenvalue weighted by Crippen LogP contribution is -2.44. The van der Waals surface area contributed by atoms with Crippen LogP contribution in [-0.4, -0.2) is 53.1 Å². The Morgan fingerprint density at radius 1 is 1.50 bits per heavy atom. The third-order valence-electron chi connectivity index (χ3n) is 3.81. The molecule has 0 saturated carbocycles. The van der Waals surface area contributed by atoms with Crippen molar-refractivity contribution in [1.29, 1.82) is 0 Å². The van der Waals surface area contributed by atoms with Crippen molar-refractivity contribution < 1.29 is 9.90 Å². The van der Waals surface area contributed by atoms with Crippen LogP contribution < -0.4 is 0 Å². The number of β-amino-alcohol motifs (C(OH)–C–C–N with tert-alkyl or cyclic N) is 1. The van der Waals surface area contributed by atoms with Crippen molar-refractivity contribution in [2.75, 3.05) is 20.1 Å². The molecule has 1 aliphatic heterocycles. The molecule has 1 N–H and O–H groups in total. The topological polar surface area (TPSA) is 43.8 Å². The highest BCUT2D eigenvalue weighted by Crippen LogP contribution is 2.16. The number of aliphatic hydroxyl groups excluding tert-OH is 1. The van der Waals surface area contributed by atoms with E-state index < -0.39 is 0 Å². The minimum absolute atomic E-state index is 0.0991. The summed E-state index contributed by atoms with van der Waals surface area (Å²) in [6.45, 7) is 3.91. The van der Waals surface area contributed by atoms with E-state index in [0.29, 0.717) is 13.1 Å². The van der Waals surface area contributed by atoms with Gasteiger partial charge in [0, 0.05) is 31.2 Å². The van der Waals surface area contributed by atoms with E-state index in [-0.39, 0.29) is 18.1 Å². The first-order chi connectivity index (χ1) is 9.47. The van der Waals surface area contributed by atoms with Gasteiger partial charge in [0.05, 0.1) is 12.1 Å². The van der Waals surface area contributed by atoms with Crippen molar-refractivity contribution in [2.45, 2.75) is 32.0 Å². The highest BCUT2D eigenvalue weighted by atomic mass is 79.9. The van der Waals surface area contributed by atoms with E-state index in [1.54, 1.807) is 4.90 Å². The maximum absolute atomic E-state index is 12.4. The number of likely N-dealkylation sites (N-methyl/N-ethyl adjacent to an activating group) is 1. The molecule has 4 nitrogen and oxygen atoms in total. The quantitative estimate of drug-likeness (QED) is 0.909. The van der Waals surface area contributed by atoms with Crippen LogP contribution in [0.5, 0.6) is 0 Å². The molecular weight excluding hydrogens is 320 g/mol. The van der Waals surface area contributed by atoms with Crippen molar-refractivity contribution in [3.63, 3.8) is 0 Å². The Balaban J connectivity index is 1.92. The maximum atomic E-state index is 12.4. The lowest BCUT2D eigenvalue weighted by molar-refractivity contribution is -0.135. The number of aliphatic hydroxyl groups is 1. The number of rotatable bonds is 4. The minimum Gasteiger partial charge on any atom is -0.392 e. The highest BCUT2D eigenvalue weighted by Gasteiger charge is 2.29. The van der Waals surface area contributed by atoms with Crippen molar-refractivity contribution in [1.82, 2.24) is 9.80 Å². The number of benzene rings is 1. The molecule has 1 saturated heterocycles.